The van der Waals surface area contributed by atoms with E-state index in [0.717, 1.165) is 0 Å². The van der Waals surface area contributed by atoms with Crippen LogP contribution in [-0.2, 0) is 110 Å². The number of rotatable bonds is 44. The van der Waals surface area contributed by atoms with Gasteiger partial charge in [-0.2, -0.15) is 0 Å². The monoisotopic (exact) mass is 1130 g/mol. The summed E-state index contributed by atoms with van der Waals surface area (Å²) < 4.78 is 40.6. The molecule has 0 aliphatic heterocycles. The molecular weight excluding hydrogens is 1060 g/mol. The Hall–Kier alpha value is -8.41. The highest BCUT2D eigenvalue weighted by Crippen LogP contribution is 2.36. The third kappa shape index (κ3) is 42.9. The van der Waals surface area contributed by atoms with Crippen molar-refractivity contribution in [3.05, 3.63) is 12.3 Å². The fraction of sp³-hybridized carbons (Fsp3) is 0.638. The third-order valence-electron chi connectivity index (χ3n) is 10.2. The summed E-state index contributed by atoms with van der Waals surface area (Å²) in [6.07, 6.45) is -6.66. The number of carboxylic acids is 7. The van der Waals surface area contributed by atoms with Crippen LogP contribution in [0.2, 0.25) is 0 Å². The van der Waals surface area contributed by atoms with Crippen LogP contribution in [0.25, 0.3) is 0 Å². The number of aliphatic carboxylic acids is 7. The Kier molecular flexibility index (Phi) is 37.5. The maximum atomic E-state index is 12.0. The number of carboxylic acid groups (broad SMARTS) is 7. The molecule has 0 atom stereocenters. The van der Waals surface area contributed by atoms with E-state index in [-0.39, 0.29) is 90.0 Å². The standard InChI is InChI=1S/C26H38O15.C21H28O16/c1-18(27)2-6-22(34)38-14-10-26(11-15-39-23(35)7-3-19(28)29,12-16-40-24(36)8-4-20(30)31)13-17-41-25(37)9-5-21(32)33;22-13(23)1-5-17(30)34-9-21(10-35-18(31)6-2-14(24)25,11-36-19(32)7-3-15(26)27)12-37-20(33)8-4-16(28)29/h27H,1-17H2,(H,28,29)(H,30,31)(H,32,33);1-12H2,(H,22,23)(H,24,25)(H,26,27)(H,28,29). The lowest BCUT2D eigenvalue weighted by Crippen LogP contribution is -2.44. The van der Waals surface area contributed by atoms with E-state index in [1.807, 2.05) is 0 Å². The number of carbonyl (C=O) groups is 15. The van der Waals surface area contributed by atoms with Crippen molar-refractivity contribution in [3.63, 3.8) is 0 Å². The molecule has 0 aliphatic carbocycles. The number of aliphatic hydroxyl groups excluding tert-OH is 1. The van der Waals surface area contributed by atoms with Crippen LogP contribution in [0.15, 0.2) is 12.3 Å². The average Bonchev–Trinajstić information content (AvgIpc) is 3.35. The molecule has 440 valence electrons. The first-order chi connectivity index (χ1) is 36.5. The molecule has 8 N–H and O–H groups in total. The second-order valence-electron chi connectivity index (χ2n) is 16.8. The van der Waals surface area contributed by atoms with E-state index in [0.29, 0.717) is 0 Å². The van der Waals surface area contributed by atoms with Gasteiger partial charge in [0.15, 0.2) is 0 Å². The Balaban J connectivity index is 0. The predicted octanol–water partition coefficient (Wildman–Crippen LogP) is 1.76. The lowest BCUT2D eigenvalue weighted by Gasteiger charge is -2.33. The van der Waals surface area contributed by atoms with Gasteiger partial charge in [-0.15, -0.1) is 0 Å². The van der Waals surface area contributed by atoms with E-state index >= 15 is 0 Å². The topological polar surface area (TPSA) is 492 Å². The van der Waals surface area contributed by atoms with Crippen LogP contribution in [0.4, 0.5) is 0 Å². The third-order valence-corrected chi connectivity index (χ3v) is 10.2. The number of aliphatic hydroxyl groups is 1. The summed E-state index contributed by atoms with van der Waals surface area (Å²) in [5.74, 6) is -15.9. The Morgan fingerprint density at radius 2 is 0.410 bits per heavy atom. The minimum Gasteiger partial charge on any atom is -0.513 e. The van der Waals surface area contributed by atoms with Crippen molar-refractivity contribution in [3.8, 4) is 0 Å². The number of hydrogen-bond acceptors (Lipinski definition) is 24. The molecule has 0 amide bonds. The lowest BCUT2D eigenvalue weighted by atomic mass is 9.76. The summed E-state index contributed by atoms with van der Waals surface area (Å²) in [6.45, 7) is -0.418. The van der Waals surface area contributed by atoms with E-state index in [4.69, 9.17) is 78.7 Å². The summed E-state index contributed by atoms with van der Waals surface area (Å²) in [5, 5.41) is 70.1. The fourth-order valence-electron chi connectivity index (χ4n) is 5.75. The van der Waals surface area contributed by atoms with Gasteiger partial charge >= 0.3 is 89.5 Å². The normalized spacial score (nSPS) is 10.7. The molecule has 78 heavy (non-hydrogen) atoms. The number of hydrogen-bond donors (Lipinski definition) is 8. The molecule has 0 bridgehead atoms. The summed E-state index contributed by atoms with van der Waals surface area (Å²) in [5.41, 5.74) is -2.70. The van der Waals surface area contributed by atoms with Crippen LogP contribution in [-0.4, -0.2) is 183 Å². The van der Waals surface area contributed by atoms with E-state index in [2.05, 4.69) is 6.58 Å². The van der Waals surface area contributed by atoms with Gasteiger partial charge in [0.2, 0.25) is 0 Å². The van der Waals surface area contributed by atoms with Crippen molar-refractivity contribution < 1.29 is 151 Å². The van der Waals surface area contributed by atoms with Gasteiger partial charge in [-0.25, -0.2) is 0 Å². The predicted molar refractivity (Wildman–Crippen MR) is 250 cm³/mol. The van der Waals surface area contributed by atoms with Crippen LogP contribution in [0.5, 0.6) is 0 Å². The first-order valence-electron chi connectivity index (χ1n) is 23.6. The first kappa shape index (κ1) is 71.7. The first-order valence-corrected chi connectivity index (χ1v) is 23.6. The molecule has 0 spiro atoms. The quantitative estimate of drug-likeness (QED) is 0.0245. The number of esters is 8. The van der Waals surface area contributed by atoms with Gasteiger partial charge in [0.05, 0.1) is 128 Å². The molecule has 0 unspecified atom stereocenters. The maximum Gasteiger partial charge on any atom is 0.306 e. The van der Waals surface area contributed by atoms with Gasteiger partial charge in [-0.1, -0.05) is 6.58 Å². The molecule has 0 saturated carbocycles. The second kappa shape index (κ2) is 40.8. The SMILES string of the molecule is C=C(O)CCC(=O)OCCC(CCOC(=O)CCC(=O)O)(CCOC(=O)CCC(=O)O)CCOC(=O)CCC(=O)O.O=C(O)CCC(=O)OCC(COC(=O)CCC(=O)O)(COC(=O)CCC(=O)O)COC(=O)CCC(=O)O. The number of allylic oxidation sites excluding steroid dienone is 1. The zero-order chi connectivity index (χ0) is 59.7. The molecule has 0 aromatic rings. The molecule has 0 heterocycles. The van der Waals surface area contributed by atoms with E-state index < -0.39 is 197 Å². The van der Waals surface area contributed by atoms with Crippen molar-refractivity contribution in [1.29, 1.82) is 0 Å². The van der Waals surface area contributed by atoms with E-state index in [1.165, 1.54) is 0 Å². The Labute approximate surface area is 444 Å². The van der Waals surface area contributed by atoms with Gasteiger partial charge in [0.1, 0.15) is 31.8 Å². The molecule has 0 rings (SSSR count). The van der Waals surface area contributed by atoms with E-state index in [9.17, 15) is 71.9 Å². The molecule has 0 fully saturated rings. The minimum atomic E-state index is -1.78. The maximum absolute atomic E-state index is 12.0. The van der Waals surface area contributed by atoms with Crippen molar-refractivity contribution in [2.24, 2.45) is 10.8 Å². The lowest BCUT2D eigenvalue weighted by molar-refractivity contribution is -0.173. The van der Waals surface area contributed by atoms with Crippen LogP contribution < -0.4 is 0 Å². The van der Waals surface area contributed by atoms with Gasteiger partial charge < -0.3 is 78.7 Å². The molecule has 0 aliphatic rings. The summed E-state index contributed by atoms with van der Waals surface area (Å²) in [6, 6.07) is 0. The highest BCUT2D eigenvalue weighted by atomic mass is 16.6. The molecule has 0 aromatic heterocycles. The molecule has 31 heteroatoms. The molecular formula is C47H66O31. The molecule has 31 nitrogen and oxygen atoms in total. The average molecular weight is 1130 g/mol. The molecule has 0 aromatic carbocycles. The van der Waals surface area contributed by atoms with Gasteiger partial charge in [-0.3, -0.25) is 71.9 Å². The second-order valence-corrected chi connectivity index (χ2v) is 16.8. The van der Waals surface area contributed by atoms with Crippen LogP contribution in [0.3, 0.4) is 0 Å². The van der Waals surface area contributed by atoms with Crippen molar-refractivity contribution in [2.75, 3.05) is 52.9 Å². The van der Waals surface area contributed by atoms with Crippen LogP contribution in [0.1, 0.15) is 128 Å². The Morgan fingerprint density at radius 3 is 0.577 bits per heavy atom. The number of ether oxygens (including phenoxy) is 8. The van der Waals surface area contributed by atoms with Crippen molar-refractivity contribution in [2.45, 2.75) is 128 Å². The minimum absolute atomic E-state index is 0.00510. The van der Waals surface area contributed by atoms with Crippen LogP contribution in [0, 0.1) is 10.8 Å². The van der Waals surface area contributed by atoms with Gasteiger partial charge in [-0.05, 0) is 31.1 Å². The van der Waals surface area contributed by atoms with Crippen molar-refractivity contribution >= 4 is 89.5 Å². The van der Waals surface area contributed by atoms with Crippen molar-refractivity contribution in [1.82, 2.24) is 0 Å². The smallest absolute Gasteiger partial charge is 0.306 e. The summed E-state index contributed by atoms with van der Waals surface area (Å²) in [4.78, 5) is 170. The van der Waals surface area contributed by atoms with Gasteiger partial charge in [0, 0.05) is 6.42 Å². The highest BCUT2D eigenvalue weighted by Gasteiger charge is 2.38. The highest BCUT2D eigenvalue weighted by molar-refractivity contribution is 5.80. The molecule has 0 radical (unpaired) electrons. The zero-order valence-electron chi connectivity index (χ0n) is 42.5. The largest absolute Gasteiger partial charge is 0.513 e. The summed E-state index contributed by atoms with van der Waals surface area (Å²) >= 11 is 0. The van der Waals surface area contributed by atoms with Gasteiger partial charge in [0.25, 0.3) is 0 Å². The fourth-order valence-corrected chi connectivity index (χ4v) is 5.75. The molecule has 0 saturated heterocycles. The zero-order valence-corrected chi connectivity index (χ0v) is 42.5. The van der Waals surface area contributed by atoms with Crippen LogP contribution >= 0.6 is 0 Å². The van der Waals surface area contributed by atoms with E-state index in [1.54, 1.807) is 0 Å². The Morgan fingerprint density at radius 1 is 0.244 bits per heavy atom. The number of carbonyl (C=O) groups excluding carboxylic acids is 8. The summed E-state index contributed by atoms with van der Waals surface area (Å²) in [7, 11) is 0. The Bertz CT molecular complexity index is 1780.